The highest BCUT2D eigenvalue weighted by molar-refractivity contribution is 7.99. The SMILES string of the molecule is Clc1cc(C2=CCSCC2)nc2cc[nH]c12. The predicted octanol–water partition coefficient (Wildman–Crippen LogP) is 3.74. The number of nitrogens with one attached hydrogen (secondary N) is 1. The number of hydrogen-bond acceptors (Lipinski definition) is 2. The number of allylic oxidation sites excluding steroid dienone is 1. The van der Waals surface area contributed by atoms with Gasteiger partial charge in [0.1, 0.15) is 0 Å². The quantitative estimate of drug-likeness (QED) is 0.835. The molecule has 0 aliphatic carbocycles. The lowest BCUT2D eigenvalue weighted by Gasteiger charge is -2.12. The standard InChI is InChI=1S/C12H11ClN2S/c13-9-7-11(8-2-5-16-6-3-8)15-10-1-4-14-12(9)10/h1-2,4,7,14H,3,5-6H2. The van der Waals surface area contributed by atoms with Gasteiger partial charge in [-0.25, -0.2) is 4.98 Å². The molecule has 0 fully saturated rings. The molecule has 0 amide bonds. The number of hydrogen-bond donors (Lipinski definition) is 1. The van der Waals surface area contributed by atoms with E-state index in [9.17, 15) is 0 Å². The third-order valence-corrected chi connectivity index (χ3v) is 3.95. The van der Waals surface area contributed by atoms with Gasteiger partial charge in [0.25, 0.3) is 0 Å². The van der Waals surface area contributed by atoms with E-state index in [0.29, 0.717) is 0 Å². The Morgan fingerprint density at radius 1 is 1.44 bits per heavy atom. The molecule has 82 valence electrons. The first-order valence-electron chi connectivity index (χ1n) is 5.25. The highest BCUT2D eigenvalue weighted by Crippen LogP contribution is 2.29. The molecular formula is C12H11ClN2S. The van der Waals surface area contributed by atoms with Crippen LogP contribution >= 0.6 is 23.4 Å². The van der Waals surface area contributed by atoms with Crippen molar-refractivity contribution in [2.75, 3.05) is 11.5 Å². The molecule has 3 heterocycles. The van der Waals surface area contributed by atoms with Gasteiger partial charge in [-0.15, -0.1) is 0 Å². The molecule has 2 nitrogen and oxygen atoms in total. The first-order valence-corrected chi connectivity index (χ1v) is 6.78. The molecule has 2 aromatic rings. The number of nitrogens with zero attached hydrogens (tertiary/aromatic N) is 1. The van der Waals surface area contributed by atoms with Crippen molar-refractivity contribution in [2.45, 2.75) is 6.42 Å². The molecule has 3 rings (SSSR count). The maximum Gasteiger partial charge on any atom is 0.0901 e. The molecule has 4 heteroatoms. The van der Waals surface area contributed by atoms with E-state index in [0.717, 1.165) is 33.9 Å². The number of H-pyrrole nitrogens is 1. The largest absolute Gasteiger partial charge is 0.359 e. The molecular weight excluding hydrogens is 240 g/mol. The van der Waals surface area contributed by atoms with Crippen LogP contribution in [0.1, 0.15) is 12.1 Å². The van der Waals surface area contributed by atoms with Crippen molar-refractivity contribution < 1.29 is 0 Å². The second-order valence-corrected chi connectivity index (χ2v) is 5.34. The maximum atomic E-state index is 6.22. The van der Waals surface area contributed by atoms with Gasteiger partial charge in [-0.2, -0.15) is 11.8 Å². The minimum absolute atomic E-state index is 0.754. The predicted molar refractivity (Wildman–Crippen MR) is 71.0 cm³/mol. The van der Waals surface area contributed by atoms with Gasteiger partial charge in [0.05, 0.1) is 21.7 Å². The Kier molecular flexibility index (Phi) is 2.65. The van der Waals surface area contributed by atoms with Crippen LogP contribution in [0.15, 0.2) is 24.4 Å². The summed E-state index contributed by atoms with van der Waals surface area (Å²) < 4.78 is 0. The number of thioether (sulfide) groups is 1. The molecule has 0 spiro atoms. The lowest BCUT2D eigenvalue weighted by molar-refractivity contribution is 1.19. The van der Waals surface area contributed by atoms with Crippen LogP contribution in [0.25, 0.3) is 16.6 Å². The van der Waals surface area contributed by atoms with E-state index in [-0.39, 0.29) is 0 Å². The Morgan fingerprint density at radius 2 is 2.38 bits per heavy atom. The summed E-state index contributed by atoms with van der Waals surface area (Å²) in [4.78, 5) is 7.73. The zero-order chi connectivity index (χ0) is 11.0. The number of halogens is 1. The maximum absolute atomic E-state index is 6.22. The van der Waals surface area contributed by atoms with E-state index in [2.05, 4.69) is 16.0 Å². The molecule has 1 N–H and O–H groups in total. The van der Waals surface area contributed by atoms with Gasteiger partial charge in [0, 0.05) is 11.9 Å². The molecule has 0 radical (unpaired) electrons. The summed E-state index contributed by atoms with van der Waals surface area (Å²) in [5, 5.41) is 0.754. The number of rotatable bonds is 1. The molecule has 2 aromatic heterocycles. The summed E-state index contributed by atoms with van der Waals surface area (Å²) in [5.41, 5.74) is 4.22. The molecule has 1 aliphatic rings. The molecule has 0 saturated heterocycles. The minimum Gasteiger partial charge on any atom is -0.359 e. The Hall–Kier alpha value is -0.930. The molecule has 0 unspecified atom stereocenters. The van der Waals surface area contributed by atoms with Gasteiger partial charge in [0.15, 0.2) is 0 Å². The van der Waals surface area contributed by atoms with E-state index in [1.54, 1.807) is 0 Å². The number of fused-ring (bicyclic) bond motifs is 1. The summed E-state index contributed by atoms with van der Waals surface area (Å²) in [7, 11) is 0. The highest BCUT2D eigenvalue weighted by Gasteiger charge is 2.11. The molecule has 0 saturated carbocycles. The van der Waals surface area contributed by atoms with Crippen molar-refractivity contribution in [1.29, 1.82) is 0 Å². The van der Waals surface area contributed by atoms with Crippen molar-refractivity contribution in [3.05, 3.63) is 35.1 Å². The van der Waals surface area contributed by atoms with Gasteiger partial charge < -0.3 is 4.98 Å². The van der Waals surface area contributed by atoms with Gasteiger partial charge in [-0.05, 0) is 29.9 Å². The zero-order valence-corrected chi connectivity index (χ0v) is 10.2. The van der Waals surface area contributed by atoms with Gasteiger partial charge >= 0.3 is 0 Å². The van der Waals surface area contributed by atoms with Crippen molar-refractivity contribution in [2.24, 2.45) is 0 Å². The number of aromatic nitrogens is 2. The zero-order valence-electron chi connectivity index (χ0n) is 8.66. The molecule has 0 aromatic carbocycles. The Morgan fingerprint density at radius 3 is 3.19 bits per heavy atom. The van der Waals surface area contributed by atoms with E-state index in [1.807, 2.05) is 30.1 Å². The van der Waals surface area contributed by atoms with E-state index < -0.39 is 0 Å². The van der Waals surface area contributed by atoms with Crippen LogP contribution < -0.4 is 0 Å². The highest BCUT2D eigenvalue weighted by atomic mass is 35.5. The summed E-state index contributed by atoms with van der Waals surface area (Å²) in [6, 6.07) is 3.92. The van der Waals surface area contributed by atoms with Crippen molar-refractivity contribution >= 4 is 40.0 Å². The van der Waals surface area contributed by atoms with Crippen LogP contribution in [-0.2, 0) is 0 Å². The van der Waals surface area contributed by atoms with Crippen LogP contribution in [-0.4, -0.2) is 21.5 Å². The van der Waals surface area contributed by atoms with E-state index in [4.69, 9.17) is 11.6 Å². The van der Waals surface area contributed by atoms with Gasteiger partial charge in [-0.3, -0.25) is 0 Å². The number of pyridine rings is 1. The smallest absolute Gasteiger partial charge is 0.0901 e. The Bertz CT molecular complexity index is 559. The summed E-state index contributed by atoms with van der Waals surface area (Å²) in [6.07, 6.45) is 5.22. The lowest BCUT2D eigenvalue weighted by atomic mass is 10.1. The van der Waals surface area contributed by atoms with Crippen LogP contribution in [0.5, 0.6) is 0 Å². The normalized spacial score (nSPS) is 16.4. The van der Waals surface area contributed by atoms with Crippen molar-refractivity contribution in [3.8, 4) is 0 Å². The van der Waals surface area contributed by atoms with Crippen LogP contribution in [0.2, 0.25) is 5.02 Å². The third kappa shape index (κ3) is 1.74. The van der Waals surface area contributed by atoms with Crippen LogP contribution in [0.4, 0.5) is 0 Å². The Labute approximate surface area is 103 Å². The average Bonchev–Trinajstić information content (AvgIpc) is 2.79. The second-order valence-electron chi connectivity index (χ2n) is 3.78. The first kappa shape index (κ1) is 10.2. The molecule has 0 bridgehead atoms. The minimum atomic E-state index is 0.754. The summed E-state index contributed by atoms with van der Waals surface area (Å²) in [5.74, 6) is 2.26. The summed E-state index contributed by atoms with van der Waals surface area (Å²) >= 11 is 8.18. The average molecular weight is 251 g/mol. The number of aromatic amines is 1. The fourth-order valence-electron chi connectivity index (χ4n) is 1.92. The second kappa shape index (κ2) is 4.15. The van der Waals surface area contributed by atoms with Gasteiger partial charge in [0.2, 0.25) is 0 Å². The molecule has 16 heavy (non-hydrogen) atoms. The van der Waals surface area contributed by atoms with Crippen molar-refractivity contribution in [3.63, 3.8) is 0 Å². The summed E-state index contributed by atoms with van der Waals surface area (Å²) in [6.45, 7) is 0. The fraction of sp³-hybridized carbons (Fsp3) is 0.250. The van der Waals surface area contributed by atoms with E-state index in [1.165, 1.54) is 11.3 Å². The van der Waals surface area contributed by atoms with Crippen LogP contribution in [0, 0.1) is 0 Å². The van der Waals surface area contributed by atoms with E-state index >= 15 is 0 Å². The Balaban J connectivity index is 2.13. The third-order valence-electron chi connectivity index (χ3n) is 2.76. The monoisotopic (exact) mass is 250 g/mol. The topological polar surface area (TPSA) is 28.7 Å². The lowest BCUT2D eigenvalue weighted by Crippen LogP contribution is -1.97. The van der Waals surface area contributed by atoms with Crippen LogP contribution in [0.3, 0.4) is 0 Å². The first-order chi connectivity index (χ1) is 7.84. The van der Waals surface area contributed by atoms with Crippen molar-refractivity contribution in [1.82, 2.24) is 9.97 Å². The molecule has 1 aliphatic heterocycles. The molecule has 0 atom stereocenters. The fourth-order valence-corrected chi connectivity index (χ4v) is 3.03. The van der Waals surface area contributed by atoms with Gasteiger partial charge in [-0.1, -0.05) is 17.7 Å².